The second-order valence-electron chi connectivity index (χ2n) is 5.76. The van der Waals surface area contributed by atoms with Gasteiger partial charge in [-0.3, -0.25) is 4.79 Å². The van der Waals surface area contributed by atoms with Crippen molar-refractivity contribution in [2.75, 3.05) is 11.9 Å². The second kappa shape index (κ2) is 7.44. The Hall–Kier alpha value is -1.35. The molecule has 0 bridgehead atoms. The summed E-state index contributed by atoms with van der Waals surface area (Å²) in [6.07, 6.45) is 3.62. The first kappa shape index (κ1) is 16.7. The molecule has 1 amide bonds. The third-order valence-corrected chi connectivity index (χ3v) is 3.96. The normalized spacial score (nSPS) is 11.4. The molecule has 3 N–H and O–H groups in total. The molecular formula is C17H28N2O. The molecule has 0 aliphatic heterocycles. The van der Waals surface area contributed by atoms with Crippen LogP contribution in [0.15, 0.2) is 18.2 Å². The fraction of sp³-hybridized carbons (Fsp3) is 0.588. The molecule has 20 heavy (non-hydrogen) atoms. The zero-order valence-electron chi connectivity index (χ0n) is 13.3. The van der Waals surface area contributed by atoms with Crippen molar-refractivity contribution in [2.24, 2.45) is 11.1 Å². The zero-order valence-corrected chi connectivity index (χ0v) is 13.3. The molecule has 0 saturated heterocycles. The highest BCUT2D eigenvalue weighted by atomic mass is 16.2. The third-order valence-electron chi connectivity index (χ3n) is 3.96. The van der Waals surface area contributed by atoms with Crippen molar-refractivity contribution in [1.82, 2.24) is 0 Å². The summed E-state index contributed by atoms with van der Waals surface area (Å²) in [6, 6.07) is 6.08. The predicted octanol–water partition coefficient (Wildman–Crippen LogP) is 3.79. The Bertz CT molecular complexity index is 448. The number of hydrogen-bond donors (Lipinski definition) is 2. The van der Waals surface area contributed by atoms with Gasteiger partial charge in [-0.15, -0.1) is 0 Å². The van der Waals surface area contributed by atoms with Crippen molar-refractivity contribution >= 4 is 11.6 Å². The Kier molecular flexibility index (Phi) is 6.21. The van der Waals surface area contributed by atoms with Gasteiger partial charge in [0.15, 0.2) is 0 Å². The van der Waals surface area contributed by atoms with Crippen molar-refractivity contribution in [3.63, 3.8) is 0 Å². The first-order valence-electron chi connectivity index (χ1n) is 7.58. The average molecular weight is 276 g/mol. The quantitative estimate of drug-likeness (QED) is 0.796. The van der Waals surface area contributed by atoms with Gasteiger partial charge in [-0.25, -0.2) is 0 Å². The minimum atomic E-state index is -0.430. The summed E-state index contributed by atoms with van der Waals surface area (Å²) in [6.45, 7) is 8.68. The average Bonchev–Trinajstić information content (AvgIpc) is 2.41. The molecule has 0 atom stereocenters. The van der Waals surface area contributed by atoms with Crippen molar-refractivity contribution in [1.29, 1.82) is 0 Å². The van der Waals surface area contributed by atoms with E-state index in [-0.39, 0.29) is 5.91 Å². The number of nitrogens with two attached hydrogens (primary N) is 1. The Morgan fingerprint density at radius 1 is 1.20 bits per heavy atom. The number of amides is 1. The van der Waals surface area contributed by atoms with Gasteiger partial charge in [0, 0.05) is 12.2 Å². The molecular weight excluding hydrogens is 248 g/mol. The molecule has 0 aromatic heterocycles. The number of carbonyl (C=O) groups excluding carboxylic acids is 1. The lowest BCUT2D eigenvalue weighted by atomic mass is 9.78. The molecule has 1 rings (SSSR count). The Morgan fingerprint density at radius 2 is 1.80 bits per heavy atom. The fourth-order valence-corrected chi connectivity index (χ4v) is 2.81. The molecule has 0 unspecified atom stereocenters. The maximum atomic E-state index is 12.7. The number of aryl methyl sites for hydroxylation is 2. The van der Waals surface area contributed by atoms with E-state index in [0.29, 0.717) is 6.54 Å². The first-order valence-corrected chi connectivity index (χ1v) is 7.58. The summed E-state index contributed by atoms with van der Waals surface area (Å²) in [5.41, 5.74) is 8.70. The maximum Gasteiger partial charge on any atom is 0.231 e. The molecule has 0 heterocycles. The molecule has 0 saturated carbocycles. The SMILES string of the molecule is CCCC(CN)(CCC)C(=O)Nc1ccc(C)cc1C. The molecule has 112 valence electrons. The topological polar surface area (TPSA) is 55.1 Å². The van der Waals surface area contributed by atoms with E-state index in [2.05, 4.69) is 32.2 Å². The number of carbonyl (C=O) groups is 1. The third kappa shape index (κ3) is 3.83. The number of nitrogens with one attached hydrogen (secondary N) is 1. The first-order chi connectivity index (χ1) is 9.49. The molecule has 3 nitrogen and oxygen atoms in total. The summed E-state index contributed by atoms with van der Waals surface area (Å²) in [5.74, 6) is 0.0654. The summed E-state index contributed by atoms with van der Waals surface area (Å²) < 4.78 is 0. The smallest absolute Gasteiger partial charge is 0.231 e. The van der Waals surface area contributed by atoms with E-state index >= 15 is 0 Å². The lowest BCUT2D eigenvalue weighted by Crippen LogP contribution is -2.42. The maximum absolute atomic E-state index is 12.7. The standard InChI is InChI=1S/C17H28N2O/c1-5-9-17(12-18,10-6-2)16(20)19-15-8-7-13(3)11-14(15)4/h7-8,11H,5-6,9-10,12,18H2,1-4H3,(H,19,20). The highest BCUT2D eigenvalue weighted by molar-refractivity contribution is 5.96. The molecule has 0 aliphatic carbocycles. The van der Waals surface area contributed by atoms with Crippen molar-refractivity contribution in [3.05, 3.63) is 29.3 Å². The van der Waals surface area contributed by atoms with Crippen molar-refractivity contribution in [3.8, 4) is 0 Å². The van der Waals surface area contributed by atoms with E-state index in [0.717, 1.165) is 36.9 Å². The number of hydrogen-bond acceptors (Lipinski definition) is 2. The van der Waals surface area contributed by atoms with Gasteiger partial charge in [0.1, 0.15) is 0 Å². The van der Waals surface area contributed by atoms with Gasteiger partial charge >= 0.3 is 0 Å². The molecule has 1 aromatic carbocycles. The second-order valence-corrected chi connectivity index (χ2v) is 5.76. The van der Waals surface area contributed by atoms with Crippen LogP contribution < -0.4 is 11.1 Å². The lowest BCUT2D eigenvalue weighted by molar-refractivity contribution is -0.126. The number of benzene rings is 1. The van der Waals surface area contributed by atoms with Gasteiger partial charge in [-0.1, -0.05) is 44.4 Å². The monoisotopic (exact) mass is 276 g/mol. The highest BCUT2D eigenvalue weighted by Crippen LogP contribution is 2.31. The zero-order chi connectivity index (χ0) is 15.2. The summed E-state index contributed by atoms with van der Waals surface area (Å²) in [7, 11) is 0. The van der Waals surface area contributed by atoms with E-state index in [1.807, 2.05) is 19.1 Å². The Morgan fingerprint density at radius 3 is 2.25 bits per heavy atom. The summed E-state index contributed by atoms with van der Waals surface area (Å²) in [5, 5.41) is 3.08. The van der Waals surface area contributed by atoms with Crippen LogP contribution in [0.3, 0.4) is 0 Å². The van der Waals surface area contributed by atoms with Crippen molar-refractivity contribution < 1.29 is 4.79 Å². The fourth-order valence-electron chi connectivity index (χ4n) is 2.81. The predicted molar refractivity (Wildman–Crippen MR) is 85.8 cm³/mol. The van der Waals surface area contributed by atoms with Gasteiger partial charge in [-0.05, 0) is 38.3 Å². The molecule has 3 heteroatoms. The Balaban J connectivity index is 2.95. The van der Waals surface area contributed by atoms with Crippen LogP contribution in [0.2, 0.25) is 0 Å². The van der Waals surface area contributed by atoms with Crippen LogP contribution in [0.4, 0.5) is 5.69 Å². The van der Waals surface area contributed by atoms with Gasteiger partial charge in [-0.2, -0.15) is 0 Å². The van der Waals surface area contributed by atoms with Crippen LogP contribution >= 0.6 is 0 Å². The van der Waals surface area contributed by atoms with Crippen LogP contribution in [-0.2, 0) is 4.79 Å². The number of anilines is 1. The van der Waals surface area contributed by atoms with Gasteiger partial charge in [0.2, 0.25) is 5.91 Å². The van der Waals surface area contributed by atoms with E-state index in [9.17, 15) is 4.79 Å². The summed E-state index contributed by atoms with van der Waals surface area (Å²) in [4.78, 5) is 12.7. The van der Waals surface area contributed by atoms with Crippen LogP contribution in [0.1, 0.15) is 50.7 Å². The number of rotatable bonds is 7. The van der Waals surface area contributed by atoms with Crippen LogP contribution in [0, 0.1) is 19.3 Å². The van der Waals surface area contributed by atoms with Crippen LogP contribution in [-0.4, -0.2) is 12.5 Å². The van der Waals surface area contributed by atoms with Crippen LogP contribution in [0.25, 0.3) is 0 Å². The molecule has 0 spiro atoms. The van der Waals surface area contributed by atoms with E-state index in [1.54, 1.807) is 0 Å². The van der Waals surface area contributed by atoms with Gasteiger partial charge < -0.3 is 11.1 Å². The van der Waals surface area contributed by atoms with E-state index in [4.69, 9.17) is 5.73 Å². The molecule has 0 fully saturated rings. The Labute approximate surface area is 122 Å². The van der Waals surface area contributed by atoms with E-state index < -0.39 is 5.41 Å². The van der Waals surface area contributed by atoms with Crippen LogP contribution in [0.5, 0.6) is 0 Å². The largest absolute Gasteiger partial charge is 0.329 e. The minimum absolute atomic E-state index is 0.0654. The van der Waals surface area contributed by atoms with Gasteiger partial charge in [0.25, 0.3) is 0 Å². The molecule has 1 aromatic rings. The summed E-state index contributed by atoms with van der Waals surface area (Å²) >= 11 is 0. The van der Waals surface area contributed by atoms with Crippen molar-refractivity contribution in [2.45, 2.75) is 53.4 Å². The molecule has 0 radical (unpaired) electrons. The minimum Gasteiger partial charge on any atom is -0.329 e. The molecule has 0 aliphatic rings. The lowest BCUT2D eigenvalue weighted by Gasteiger charge is -2.31. The van der Waals surface area contributed by atoms with Gasteiger partial charge in [0.05, 0.1) is 5.41 Å². The highest BCUT2D eigenvalue weighted by Gasteiger charge is 2.35. The van der Waals surface area contributed by atoms with E-state index in [1.165, 1.54) is 5.56 Å².